The van der Waals surface area contributed by atoms with Crippen LogP contribution in [0.25, 0.3) is 0 Å². The first-order chi connectivity index (χ1) is 8.58. The first kappa shape index (κ1) is 14.6. The van der Waals surface area contributed by atoms with E-state index >= 15 is 0 Å². The van der Waals surface area contributed by atoms with Crippen molar-refractivity contribution in [2.75, 3.05) is 5.75 Å². The maximum atomic E-state index is 11.5. The minimum Gasteiger partial charge on any atom is -0.481 e. The Balaban J connectivity index is 2.19. The summed E-state index contributed by atoms with van der Waals surface area (Å²) in [5.41, 5.74) is 0. The number of benzene rings is 1. The Morgan fingerprint density at radius 1 is 1.33 bits per heavy atom. The molecule has 18 heavy (non-hydrogen) atoms. The lowest BCUT2D eigenvalue weighted by Crippen LogP contribution is -2.34. The quantitative estimate of drug-likeness (QED) is 0.743. The van der Waals surface area contributed by atoms with Gasteiger partial charge in [0.25, 0.3) is 0 Å². The molecule has 0 bridgehead atoms. The number of hydrogen-bond donors (Lipinski definition) is 2. The normalized spacial score (nSPS) is 11.8. The molecule has 0 saturated carbocycles. The van der Waals surface area contributed by atoms with Gasteiger partial charge in [-0.3, -0.25) is 9.59 Å². The molecule has 1 rings (SSSR count). The molecule has 0 aliphatic heterocycles. The van der Waals surface area contributed by atoms with Crippen LogP contribution >= 0.6 is 11.8 Å². The maximum absolute atomic E-state index is 11.5. The molecule has 4 nitrogen and oxygen atoms in total. The topological polar surface area (TPSA) is 66.4 Å². The van der Waals surface area contributed by atoms with Gasteiger partial charge < -0.3 is 10.4 Å². The highest BCUT2D eigenvalue weighted by Gasteiger charge is 2.10. The fraction of sp³-hybridized carbons (Fsp3) is 0.385. The first-order valence-corrected chi connectivity index (χ1v) is 6.75. The van der Waals surface area contributed by atoms with E-state index in [1.54, 1.807) is 18.7 Å². The van der Waals surface area contributed by atoms with Crippen molar-refractivity contribution in [3.8, 4) is 0 Å². The molecule has 5 heteroatoms. The number of amides is 1. The third kappa shape index (κ3) is 6.30. The molecule has 1 aromatic rings. The molecule has 0 aliphatic rings. The monoisotopic (exact) mass is 267 g/mol. The van der Waals surface area contributed by atoms with Crippen molar-refractivity contribution in [1.82, 2.24) is 5.32 Å². The minimum absolute atomic E-state index is 0.0441. The van der Waals surface area contributed by atoms with Gasteiger partial charge in [0, 0.05) is 23.1 Å². The van der Waals surface area contributed by atoms with Crippen LogP contribution in [0.5, 0.6) is 0 Å². The second-order valence-corrected chi connectivity index (χ2v) is 5.15. The van der Waals surface area contributed by atoms with Crippen molar-refractivity contribution in [3.05, 3.63) is 30.3 Å². The fourth-order valence-electron chi connectivity index (χ4n) is 1.44. The number of aliphatic carboxylic acids is 1. The number of carbonyl (C=O) groups is 2. The van der Waals surface area contributed by atoms with Gasteiger partial charge in [0.05, 0.1) is 6.42 Å². The standard InChI is InChI=1S/C13H17NO3S/c1-10(9-13(16)17)14-12(15)7-8-18-11-5-3-2-4-6-11/h2-6,10H,7-9H2,1H3,(H,14,15)(H,16,17). The number of hydrogen-bond acceptors (Lipinski definition) is 3. The molecular weight excluding hydrogens is 250 g/mol. The number of rotatable bonds is 7. The Labute approximate surface area is 111 Å². The average Bonchev–Trinajstić information content (AvgIpc) is 2.29. The van der Waals surface area contributed by atoms with E-state index in [9.17, 15) is 9.59 Å². The van der Waals surface area contributed by atoms with Gasteiger partial charge in [-0.15, -0.1) is 11.8 Å². The third-order valence-corrected chi connectivity index (χ3v) is 3.24. The second kappa shape index (κ2) is 7.76. The first-order valence-electron chi connectivity index (χ1n) is 5.77. The summed E-state index contributed by atoms with van der Waals surface area (Å²) in [5, 5.41) is 11.2. The van der Waals surface area contributed by atoms with Crippen molar-refractivity contribution in [1.29, 1.82) is 0 Å². The van der Waals surface area contributed by atoms with E-state index < -0.39 is 5.97 Å². The van der Waals surface area contributed by atoms with Gasteiger partial charge in [-0.1, -0.05) is 18.2 Å². The highest BCUT2D eigenvalue weighted by molar-refractivity contribution is 7.99. The van der Waals surface area contributed by atoms with Gasteiger partial charge in [-0.25, -0.2) is 0 Å². The summed E-state index contributed by atoms with van der Waals surface area (Å²) in [6, 6.07) is 9.53. The van der Waals surface area contributed by atoms with E-state index in [0.717, 1.165) is 4.90 Å². The fourth-order valence-corrected chi connectivity index (χ4v) is 2.31. The molecular formula is C13H17NO3S. The van der Waals surface area contributed by atoms with Crippen LogP contribution in [0.4, 0.5) is 0 Å². The number of carbonyl (C=O) groups excluding carboxylic acids is 1. The Morgan fingerprint density at radius 3 is 2.61 bits per heavy atom. The summed E-state index contributed by atoms with van der Waals surface area (Å²) in [5.74, 6) is -0.316. The number of carboxylic acid groups (broad SMARTS) is 1. The van der Waals surface area contributed by atoms with E-state index in [2.05, 4.69) is 5.32 Å². The van der Waals surface area contributed by atoms with Gasteiger partial charge in [0.1, 0.15) is 0 Å². The van der Waals surface area contributed by atoms with Gasteiger partial charge in [-0.2, -0.15) is 0 Å². The van der Waals surface area contributed by atoms with Crippen LogP contribution < -0.4 is 5.32 Å². The summed E-state index contributed by atoms with van der Waals surface area (Å²) >= 11 is 1.61. The molecule has 1 amide bonds. The van der Waals surface area contributed by atoms with Crippen LogP contribution in [0.2, 0.25) is 0 Å². The molecule has 0 fully saturated rings. The van der Waals surface area contributed by atoms with E-state index in [1.807, 2.05) is 30.3 Å². The molecule has 0 radical (unpaired) electrons. The van der Waals surface area contributed by atoms with Gasteiger partial charge in [0.15, 0.2) is 0 Å². The zero-order chi connectivity index (χ0) is 13.4. The van der Waals surface area contributed by atoms with E-state index in [-0.39, 0.29) is 18.4 Å². The molecule has 1 unspecified atom stereocenters. The zero-order valence-electron chi connectivity index (χ0n) is 10.3. The lowest BCUT2D eigenvalue weighted by atomic mass is 10.2. The van der Waals surface area contributed by atoms with E-state index in [1.165, 1.54) is 0 Å². The minimum atomic E-state index is -0.901. The third-order valence-electron chi connectivity index (χ3n) is 2.23. The van der Waals surface area contributed by atoms with Crippen molar-refractivity contribution < 1.29 is 14.7 Å². The lowest BCUT2D eigenvalue weighted by Gasteiger charge is -2.11. The highest BCUT2D eigenvalue weighted by Crippen LogP contribution is 2.17. The van der Waals surface area contributed by atoms with Gasteiger partial charge in [-0.05, 0) is 19.1 Å². The van der Waals surface area contributed by atoms with Crippen molar-refractivity contribution in [2.24, 2.45) is 0 Å². The Hall–Kier alpha value is -1.49. The summed E-state index contributed by atoms with van der Waals surface area (Å²) in [6.45, 7) is 1.69. The van der Waals surface area contributed by atoms with Gasteiger partial charge >= 0.3 is 5.97 Å². The second-order valence-electron chi connectivity index (χ2n) is 3.98. The molecule has 2 N–H and O–H groups in total. The van der Waals surface area contributed by atoms with Crippen LogP contribution in [0.3, 0.4) is 0 Å². The van der Waals surface area contributed by atoms with Crippen LogP contribution in [0.15, 0.2) is 35.2 Å². The molecule has 0 saturated heterocycles. The Bertz CT molecular complexity index is 394. The van der Waals surface area contributed by atoms with E-state index in [4.69, 9.17) is 5.11 Å². The predicted octanol–water partition coefficient (Wildman–Crippen LogP) is 2.15. The Kier molecular flexibility index (Phi) is 6.28. The summed E-state index contributed by atoms with van der Waals surface area (Å²) < 4.78 is 0. The molecule has 1 atom stereocenters. The zero-order valence-corrected chi connectivity index (χ0v) is 11.1. The Morgan fingerprint density at radius 2 is 2.00 bits per heavy atom. The number of thioether (sulfide) groups is 1. The lowest BCUT2D eigenvalue weighted by molar-refractivity contribution is -0.137. The van der Waals surface area contributed by atoms with Crippen molar-refractivity contribution in [3.63, 3.8) is 0 Å². The predicted molar refractivity (Wildman–Crippen MR) is 71.6 cm³/mol. The maximum Gasteiger partial charge on any atom is 0.305 e. The molecule has 98 valence electrons. The smallest absolute Gasteiger partial charge is 0.305 e. The van der Waals surface area contributed by atoms with E-state index in [0.29, 0.717) is 12.2 Å². The summed E-state index contributed by atoms with van der Waals surface area (Å²) in [7, 11) is 0. The largest absolute Gasteiger partial charge is 0.481 e. The van der Waals surface area contributed by atoms with Crippen LogP contribution in [-0.4, -0.2) is 28.8 Å². The molecule has 0 aromatic heterocycles. The number of carboxylic acids is 1. The van der Waals surface area contributed by atoms with Crippen LogP contribution in [0.1, 0.15) is 19.8 Å². The van der Waals surface area contributed by atoms with Crippen molar-refractivity contribution >= 4 is 23.6 Å². The summed E-state index contributed by atoms with van der Waals surface area (Å²) in [4.78, 5) is 23.1. The molecule has 0 spiro atoms. The SMILES string of the molecule is CC(CC(=O)O)NC(=O)CCSc1ccccc1. The summed E-state index contributed by atoms with van der Waals surface area (Å²) in [6.07, 6.45) is 0.348. The molecule has 0 aliphatic carbocycles. The van der Waals surface area contributed by atoms with Gasteiger partial charge in [0.2, 0.25) is 5.91 Å². The average molecular weight is 267 g/mol. The molecule has 0 heterocycles. The molecule has 1 aromatic carbocycles. The van der Waals surface area contributed by atoms with Crippen molar-refractivity contribution in [2.45, 2.75) is 30.7 Å². The van der Waals surface area contributed by atoms with Crippen LogP contribution in [-0.2, 0) is 9.59 Å². The highest BCUT2D eigenvalue weighted by atomic mass is 32.2. The van der Waals surface area contributed by atoms with Crippen LogP contribution in [0, 0.1) is 0 Å². The number of nitrogens with one attached hydrogen (secondary N) is 1.